The minimum Gasteiger partial charge on any atom is -0.399 e. The van der Waals surface area contributed by atoms with Crippen LogP contribution in [0.5, 0.6) is 0 Å². The summed E-state index contributed by atoms with van der Waals surface area (Å²) in [6.07, 6.45) is 0. The maximum atomic E-state index is 6.20. The highest BCUT2D eigenvalue weighted by Gasteiger charge is 2.58. The van der Waals surface area contributed by atoms with E-state index in [2.05, 4.69) is 224 Å². The number of hydrogen-bond donors (Lipinski definition) is 1. The van der Waals surface area contributed by atoms with Crippen LogP contribution < -0.4 is 5.73 Å². The molecular formula is C66H43N3S. The largest absolute Gasteiger partial charge is 0.399 e. The molecule has 2 heterocycles. The molecule has 0 amide bonds. The average Bonchev–Trinajstić information content (AvgIpc) is 3.73. The van der Waals surface area contributed by atoms with Crippen LogP contribution in [0.2, 0.25) is 0 Å². The molecule has 2 N–H and O–H groups in total. The van der Waals surface area contributed by atoms with Gasteiger partial charge in [-0.1, -0.05) is 218 Å². The summed E-state index contributed by atoms with van der Waals surface area (Å²) in [6, 6.07) is 90.8. The van der Waals surface area contributed by atoms with Gasteiger partial charge in [0.2, 0.25) is 0 Å². The minimum atomic E-state index is -0.593. The van der Waals surface area contributed by atoms with Crippen LogP contribution in [0.3, 0.4) is 0 Å². The molecule has 4 heteroatoms. The Kier molecular flexibility index (Phi) is 9.11. The third kappa shape index (κ3) is 5.90. The summed E-state index contributed by atoms with van der Waals surface area (Å²) in [4.78, 5) is 13.0. The molecule has 1 aromatic heterocycles. The Balaban J connectivity index is 0.926. The standard InChI is InChI=1S/C66H43N3S/c67-49-21-15-19-46(39-49)45-18-14-20-48(38-45)61-41-60(43-16-2-1-3-17-43)68-64(69-61)44-34-32-42(33-35-44)47-36-37-63-59(40-47)66(58-30-12-13-31-62(58)70-63)56-28-10-8-26-54(56)65(55-27-9-11-29-57(55)66)52-24-6-4-22-50(52)51-23-5-7-25-53(51)65/h1-41H,67H2. The summed E-state index contributed by atoms with van der Waals surface area (Å²) in [5, 5.41) is 0. The van der Waals surface area contributed by atoms with Crippen molar-refractivity contribution >= 4 is 17.4 Å². The molecule has 11 aromatic rings. The van der Waals surface area contributed by atoms with Gasteiger partial charge < -0.3 is 5.73 Å². The van der Waals surface area contributed by atoms with Crippen LogP contribution in [0.25, 0.3) is 67.3 Å². The van der Waals surface area contributed by atoms with Crippen LogP contribution in [0.15, 0.2) is 259 Å². The molecule has 10 aromatic carbocycles. The normalized spacial score (nSPS) is 13.9. The molecule has 0 fully saturated rings. The van der Waals surface area contributed by atoms with Crippen molar-refractivity contribution in [3.05, 3.63) is 293 Å². The summed E-state index contributed by atoms with van der Waals surface area (Å²) in [6.45, 7) is 0. The molecule has 70 heavy (non-hydrogen) atoms. The second-order valence-corrected chi connectivity index (χ2v) is 19.7. The number of aromatic nitrogens is 2. The van der Waals surface area contributed by atoms with Crippen molar-refractivity contribution in [2.75, 3.05) is 5.73 Å². The van der Waals surface area contributed by atoms with Crippen LogP contribution in [-0.2, 0) is 10.8 Å². The predicted molar refractivity (Wildman–Crippen MR) is 287 cm³/mol. The quantitative estimate of drug-likeness (QED) is 0.175. The molecule has 3 nitrogen and oxygen atoms in total. The third-order valence-corrected chi connectivity index (χ3v) is 16.1. The number of nitrogens with two attached hydrogens (primary N) is 1. The fraction of sp³-hybridized carbons (Fsp3) is 0.0303. The lowest BCUT2D eigenvalue weighted by molar-refractivity contribution is 0.606. The highest BCUT2D eigenvalue weighted by molar-refractivity contribution is 7.99. The first-order valence-corrected chi connectivity index (χ1v) is 24.7. The first-order chi connectivity index (χ1) is 34.6. The first kappa shape index (κ1) is 40.5. The maximum Gasteiger partial charge on any atom is 0.160 e. The van der Waals surface area contributed by atoms with E-state index < -0.39 is 10.8 Å². The van der Waals surface area contributed by atoms with E-state index >= 15 is 0 Å². The van der Waals surface area contributed by atoms with E-state index in [1.165, 1.54) is 65.4 Å². The van der Waals surface area contributed by atoms with Crippen molar-refractivity contribution in [3.63, 3.8) is 0 Å². The van der Waals surface area contributed by atoms with Gasteiger partial charge in [-0.05, 0) is 120 Å². The van der Waals surface area contributed by atoms with Crippen molar-refractivity contribution in [1.82, 2.24) is 9.97 Å². The molecule has 0 unspecified atom stereocenters. The Morgan fingerprint density at radius 1 is 0.286 bits per heavy atom. The van der Waals surface area contributed by atoms with Gasteiger partial charge in [-0.2, -0.15) is 0 Å². The van der Waals surface area contributed by atoms with Crippen molar-refractivity contribution in [2.24, 2.45) is 0 Å². The van der Waals surface area contributed by atoms with Crippen molar-refractivity contribution in [3.8, 4) is 67.3 Å². The lowest BCUT2D eigenvalue weighted by Gasteiger charge is -2.51. The molecule has 3 aliphatic rings. The molecular weight excluding hydrogens is 867 g/mol. The Hall–Kier alpha value is -8.57. The molecule has 0 saturated carbocycles. The Morgan fingerprint density at radius 2 is 0.729 bits per heavy atom. The highest BCUT2D eigenvalue weighted by atomic mass is 32.2. The zero-order valence-electron chi connectivity index (χ0n) is 38.1. The van der Waals surface area contributed by atoms with Crippen LogP contribution in [-0.4, -0.2) is 9.97 Å². The van der Waals surface area contributed by atoms with Gasteiger partial charge in [-0.25, -0.2) is 9.97 Å². The number of nitrogen functional groups attached to an aromatic ring is 1. The van der Waals surface area contributed by atoms with E-state index in [1.807, 2.05) is 36.0 Å². The van der Waals surface area contributed by atoms with E-state index in [4.69, 9.17) is 15.7 Å². The summed E-state index contributed by atoms with van der Waals surface area (Å²) in [7, 11) is 0. The lowest BCUT2D eigenvalue weighted by atomic mass is 9.51. The molecule has 0 bridgehead atoms. The molecule has 2 aliphatic carbocycles. The SMILES string of the molecule is Nc1cccc(-c2cccc(-c3cc(-c4ccccc4)nc(-c4ccc(-c5ccc6c(c5)C5(c7ccccc7S6)c6ccccc6C6(c7ccccc7-c7ccccc76)c6ccccc65)cc4)n3)c2)c1. The van der Waals surface area contributed by atoms with E-state index in [1.54, 1.807) is 0 Å². The van der Waals surface area contributed by atoms with Crippen LogP contribution in [0.4, 0.5) is 5.69 Å². The summed E-state index contributed by atoms with van der Waals surface area (Å²) >= 11 is 1.88. The smallest absolute Gasteiger partial charge is 0.160 e. The monoisotopic (exact) mass is 909 g/mol. The van der Waals surface area contributed by atoms with Gasteiger partial charge >= 0.3 is 0 Å². The number of fused-ring (bicyclic) bond motifs is 15. The van der Waals surface area contributed by atoms with Gasteiger partial charge in [0.1, 0.15) is 0 Å². The zero-order valence-corrected chi connectivity index (χ0v) is 38.9. The lowest BCUT2D eigenvalue weighted by Crippen LogP contribution is -2.45. The molecule has 14 rings (SSSR count). The third-order valence-electron chi connectivity index (χ3n) is 15.0. The van der Waals surface area contributed by atoms with Crippen LogP contribution in [0, 0.1) is 0 Å². The number of hydrogen-bond acceptors (Lipinski definition) is 4. The van der Waals surface area contributed by atoms with Crippen molar-refractivity contribution in [2.45, 2.75) is 20.6 Å². The number of nitrogens with zero attached hydrogens (tertiary/aromatic N) is 2. The number of rotatable bonds is 5. The summed E-state index contributed by atoms with van der Waals surface area (Å²) < 4.78 is 0. The van der Waals surface area contributed by atoms with Gasteiger partial charge in [-0.15, -0.1) is 0 Å². The van der Waals surface area contributed by atoms with Gasteiger partial charge in [0.15, 0.2) is 5.82 Å². The summed E-state index contributed by atoms with van der Waals surface area (Å²) in [5.41, 5.74) is 28.3. The minimum absolute atomic E-state index is 0.488. The first-order valence-electron chi connectivity index (χ1n) is 23.9. The molecule has 1 aliphatic heterocycles. The molecule has 0 radical (unpaired) electrons. The van der Waals surface area contributed by atoms with E-state index in [0.29, 0.717) is 5.82 Å². The van der Waals surface area contributed by atoms with Crippen molar-refractivity contribution in [1.29, 1.82) is 0 Å². The van der Waals surface area contributed by atoms with Gasteiger partial charge in [0.25, 0.3) is 0 Å². The zero-order chi connectivity index (χ0) is 46.4. The number of anilines is 1. The fourth-order valence-electron chi connectivity index (χ4n) is 12.0. The second kappa shape index (κ2) is 15.7. The molecule has 2 spiro atoms. The molecule has 328 valence electrons. The topological polar surface area (TPSA) is 51.8 Å². The van der Waals surface area contributed by atoms with Gasteiger partial charge in [0, 0.05) is 32.2 Å². The second-order valence-electron chi connectivity index (χ2n) is 18.6. The van der Waals surface area contributed by atoms with Gasteiger partial charge in [-0.3, -0.25) is 0 Å². The van der Waals surface area contributed by atoms with E-state index in [-0.39, 0.29) is 0 Å². The highest BCUT2D eigenvalue weighted by Crippen LogP contribution is 2.67. The Labute approximate surface area is 412 Å². The number of benzene rings is 10. The van der Waals surface area contributed by atoms with E-state index in [9.17, 15) is 0 Å². The van der Waals surface area contributed by atoms with E-state index in [0.717, 1.165) is 56.0 Å². The average molecular weight is 910 g/mol. The fourth-order valence-corrected chi connectivity index (χ4v) is 13.2. The predicted octanol–water partition coefficient (Wildman–Crippen LogP) is 15.9. The Bertz CT molecular complexity index is 3800. The van der Waals surface area contributed by atoms with Crippen LogP contribution >= 0.6 is 11.8 Å². The molecule has 0 saturated heterocycles. The maximum absolute atomic E-state index is 6.20. The van der Waals surface area contributed by atoms with Crippen LogP contribution in [0.1, 0.15) is 44.5 Å². The Morgan fingerprint density at radius 3 is 1.37 bits per heavy atom. The van der Waals surface area contributed by atoms with Crippen molar-refractivity contribution < 1.29 is 0 Å². The van der Waals surface area contributed by atoms with Gasteiger partial charge in [0.05, 0.1) is 22.2 Å². The summed E-state index contributed by atoms with van der Waals surface area (Å²) in [5.74, 6) is 0.675. The molecule has 0 atom stereocenters.